The molecule has 0 aliphatic heterocycles. The summed E-state index contributed by atoms with van der Waals surface area (Å²) in [5.41, 5.74) is 3.84. The number of rotatable bonds is 1. The van der Waals surface area contributed by atoms with Crippen LogP contribution in [0.25, 0.3) is 11.4 Å². The summed E-state index contributed by atoms with van der Waals surface area (Å²) < 4.78 is 0. The van der Waals surface area contributed by atoms with Crippen LogP contribution in [0.5, 0.6) is 0 Å². The first-order valence-electron chi connectivity index (χ1n) is 6.07. The van der Waals surface area contributed by atoms with Crippen molar-refractivity contribution < 1.29 is 0 Å². The normalized spacial score (nSPS) is 15.5. The molecule has 0 amide bonds. The van der Waals surface area contributed by atoms with Gasteiger partial charge in [0, 0.05) is 11.3 Å². The third-order valence-electron chi connectivity index (χ3n) is 3.25. The van der Waals surface area contributed by atoms with Crippen LogP contribution in [0.15, 0.2) is 30.3 Å². The van der Waals surface area contributed by atoms with Gasteiger partial charge in [-0.1, -0.05) is 36.8 Å². The summed E-state index contributed by atoms with van der Waals surface area (Å²) in [4.78, 5) is 8.20. The van der Waals surface area contributed by atoms with Crippen molar-refractivity contribution in [2.75, 3.05) is 0 Å². The molecule has 2 aromatic rings. The second-order valence-electron chi connectivity index (χ2n) is 4.44. The highest BCUT2D eigenvalue weighted by molar-refractivity contribution is 5.55. The quantitative estimate of drug-likeness (QED) is 0.721. The Hall–Kier alpha value is -1.57. The standard InChI is InChI=1S/C14H16N2/c1-3-7-11(8-4-1)14-15-12-9-5-2-6-10-13(12)16-14/h1,3-4,7-8H,2,5-6,9-10H2,(H,15,16). The molecule has 16 heavy (non-hydrogen) atoms. The van der Waals surface area contributed by atoms with Gasteiger partial charge < -0.3 is 4.98 Å². The Balaban J connectivity index is 1.98. The largest absolute Gasteiger partial charge is 0.342 e. The van der Waals surface area contributed by atoms with Crippen molar-refractivity contribution in [3.8, 4) is 11.4 Å². The average molecular weight is 212 g/mol. The van der Waals surface area contributed by atoms with Gasteiger partial charge in [0.15, 0.2) is 0 Å². The van der Waals surface area contributed by atoms with Gasteiger partial charge in [-0.2, -0.15) is 0 Å². The van der Waals surface area contributed by atoms with Gasteiger partial charge in [-0.3, -0.25) is 0 Å². The molecule has 1 heterocycles. The Bertz CT molecular complexity index is 447. The average Bonchev–Trinajstić information content (AvgIpc) is 2.62. The Kier molecular flexibility index (Phi) is 2.49. The monoisotopic (exact) mass is 212 g/mol. The van der Waals surface area contributed by atoms with Gasteiger partial charge in [0.1, 0.15) is 5.82 Å². The zero-order chi connectivity index (χ0) is 10.8. The number of nitrogens with zero attached hydrogens (tertiary/aromatic N) is 1. The van der Waals surface area contributed by atoms with Gasteiger partial charge in [-0.15, -0.1) is 0 Å². The van der Waals surface area contributed by atoms with Gasteiger partial charge in [-0.25, -0.2) is 4.98 Å². The number of benzene rings is 1. The number of nitrogens with one attached hydrogen (secondary N) is 1. The molecule has 0 fully saturated rings. The second kappa shape index (κ2) is 4.12. The smallest absolute Gasteiger partial charge is 0.137 e. The fraction of sp³-hybridized carbons (Fsp3) is 0.357. The molecule has 0 spiro atoms. The predicted molar refractivity (Wildman–Crippen MR) is 65.3 cm³/mol. The number of imidazole rings is 1. The fourth-order valence-corrected chi connectivity index (χ4v) is 2.36. The number of aryl methyl sites for hydroxylation is 2. The van der Waals surface area contributed by atoms with Gasteiger partial charge in [0.25, 0.3) is 0 Å². The van der Waals surface area contributed by atoms with E-state index in [0.29, 0.717) is 0 Å². The highest BCUT2D eigenvalue weighted by Crippen LogP contribution is 2.23. The molecule has 0 bridgehead atoms. The third kappa shape index (κ3) is 1.75. The number of aromatic nitrogens is 2. The summed E-state index contributed by atoms with van der Waals surface area (Å²) in [5.74, 6) is 1.03. The number of fused-ring (bicyclic) bond motifs is 1. The van der Waals surface area contributed by atoms with Gasteiger partial charge >= 0.3 is 0 Å². The van der Waals surface area contributed by atoms with Crippen molar-refractivity contribution in [2.45, 2.75) is 32.1 Å². The van der Waals surface area contributed by atoms with Crippen molar-refractivity contribution in [2.24, 2.45) is 0 Å². The first-order chi connectivity index (χ1) is 7.93. The van der Waals surface area contributed by atoms with Crippen molar-refractivity contribution in [3.05, 3.63) is 41.7 Å². The number of hydrogen-bond donors (Lipinski definition) is 1. The number of aromatic amines is 1. The lowest BCUT2D eigenvalue weighted by atomic mass is 10.2. The van der Waals surface area contributed by atoms with E-state index in [-0.39, 0.29) is 0 Å². The van der Waals surface area contributed by atoms with Crippen molar-refractivity contribution >= 4 is 0 Å². The highest BCUT2D eigenvalue weighted by Gasteiger charge is 2.13. The zero-order valence-electron chi connectivity index (χ0n) is 9.37. The Morgan fingerprint density at radius 1 is 0.938 bits per heavy atom. The molecule has 2 heteroatoms. The Morgan fingerprint density at radius 3 is 2.62 bits per heavy atom. The van der Waals surface area contributed by atoms with E-state index in [1.165, 1.54) is 36.2 Å². The molecule has 3 rings (SSSR count). The minimum atomic E-state index is 1.03. The molecule has 2 nitrogen and oxygen atoms in total. The van der Waals surface area contributed by atoms with Crippen molar-refractivity contribution in [1.29, 1.82) is 0 Å². The summed E-state index contributed by atoms with van der Waals surface area (Å²) in [7, 11) is 0. The molecule has 0 radical (unpaired) electrons. The summed E-state index contributed by atoms with van der Waals surface area (Å²) in [6, 6.07) is 10.4. The van der Waals surface area contributed by atoms with Crippen molar-refractivity contribution in [3.63, 3.8) is 0 Å². The number of H-pyrrole nitrogens is 1. The molecule has 0 saturated heterocycles. The molecular formula is C14H16N2. The van der Waals surface area contributed by atoms with Crippen LogP contribution in [-0.4, -0.2) is 9.97 Å². The maximum atomic E-state index is 4.73. The van der Waals surface area contributed by atoms with Crippen LogP contribution in [-0.2, 0) is 12.8 Å². The lowest BCUT2D eigenvalue weighted by Gasteiger charge is -1.96. The summed E-state index contributed by atoms with van der Waals surface area (Å²) in [6.45, 7) is 0. The molecule has 0 unspecified atom stereocenters. The van der Waals surface area contributed by atoms with Crippen LogP contribution < -0.4 is 0 Å². The first kappa shape index (κ1) is 9.64. The van der Waals surface area contributed by atoms with Gasteiger partial charge in [0.05, 0.1) is 5.69 Å². The molecule has 1 aromatic heterocycles. The molecular weight excluding hydrogens is 196 g/mol. The van der Waals surface area contributed by atoms with E-state index in [1.54, 1.807) is 0 Å². The van der Waals surface area contributed by atoms with E-state index in [9.17, 15) is 0 Å². The maximum absolute atomic E-state index is 4.73. The molecule has 0 saturated carbocycles. The molecule has 1 aromatic carbocycles. The maximum Gasteiger partial charge on any atom is 0.137 e. The zero-order valence-corrected chi connectivity index (χ0v) is 9.37. The minimum Gasteiger partial charge on any atom is -0.342 e. The van der Waals surface area contributed by atoms with E-state index in [1.807, 2.05) is 6.07 Å². The van der Waals surface area contributed by atoms with Gasteiger partial charge in [0.2, 0.25) is 0 Å². The van der Waals surface area contributed by atoms with E-state index in [0.717, 1.165) is 18.7 Å². The van der Waals surface area contributed by atoms with Crippen LogP contribution in [0, 0.1) is 0 Å². The molecule has 1 aliphatic rings. The van der Waals surface area contributed by atoms with E-state index in [4.69, 9.17) is 4.98 Å². The van der Waals surface area contributed by atoms with Crippen LogP contribution in [0.3, 0.4) is 0 Å². The molecule has 0 atom stereocenters. The predicted octanol–water partition coefficient (Wildman–Crippen LogP) is 3.35. The van der Waals surface area contributed by atoms with Crippen LogP contribution in [0.1, 0.15) is 30.7 Å². The lowest BCUT2D eigenvalue weighted by Crippen LogP contribution is -1.87. The SMILES string of the molecule is c1ccc(-c2nc3c([nH]2)CCCCC3)cc1. The molecule has 1 aliphatic carbocycles. The van der Waals surface area contributed by atoms with E-state index >= 15 is 0 Å². The summed E-state index contributed by atoms with van der Waals surface area (Å²) in [5, 5.41) is 0. The topological polar surface area (TPSA) is 28.7 Å². The van der Waals surface area contributed by atoms with Crippen molar-refractivity contribution in [1.82, 2.24) is 9.97 Å². The minimum absolute atomic E-state index is 1.03. The summed E-state index contributed by atoms with van der Waals surface area (Å²) >= 11 is 0. The first-order valence-corrected chi connectivity index (χ1v) is 6.07. The van der Waals surface area contributed by atoms with Crippen LogP contribution in [0.4, 0.5) is 0 Å². The molecule has 82 valence electrons. The highest BCUT2D eigenvalue weighted by atomic mass is 14.9. The third-order valence-corrected chi connectivity index (χ3v) is 3.25. The number of hydrogen-bond acceptors (Lipinski definition) is 1. The van der Waals surface area contributed by atoms with E-state index < -0.39 is 0 Å². The van der Waals surface area contributed by atoms with Crippen LogP contribution in [0.2, 0.25) is 0 Å². The van der Waals surface area contributed by atoms with Gasteiger partial charge in [-0.05, 0) is 25.7 Å². The Labute approximate surface area is 95.7 Å². The van der Waals surface area contributed by atoms with E-state index in [2.05, 4.69) is 29.2 Å². The lowest BCUT2D eigenvalue weighted by molar-refractivity contribution is 0.703. The second-order valence-corrected chi connectivity index (χ2v) is 4.44. The Morgan fingerprint density at radius 2 is 1.75 bits per heavy atom. The fourth-order valence-electron chi connectivity index (χ4n) is 2.36. The van der Waals surface area contributed by atoms with Crippen LogP contribution >= 0.6 is 0 Å². The molecule has 1 N–H and O–H groups in total. The summed E-state index contributed by atoms with van der Waals surface area (Å²) in [6.07, 6.45) is 6.22.